The van der Waals surface area contributed by atoms with Crippen LogP contribution in [0, 0.1) is 23.3 Å². The first kappa shape index (κ1) is 13.2. The summed E-state index contributed by atoms with van der Waals surface area (Å²) < 4.78 is 52.1. The maximum atomic E-state index is 13.3. The van der Waals surface area contributed by atoms with Crippen LogP contribution in [0.4, 0.5) is 23.2 Å². The lowest BCUT2D eigenvalue weighted by Crippen LogP contribution is -2.03. The van der Waals surface area contributed by atoms with Crippen LogP contribution in [-0.4, -0.2) is 5.11 Å². The number of anilines is 1. The van der Waals surface area contributed by atoms with Crippen LogP contribution < -0.4 is 5.32 Å². The highest BCUT2D eigenvalue weighted by Crippen LogP contribution is 2.22. The Morgan fingerprint density at radius 1 is 0.895 bits per heavy atom. The fourth-order valence-corrected chi connectivity index (χ4v) is 1.55. The lowest BCUT2D eigenvalue weighted by Gasteiger charge is -2.08. The SMILES string of the molecule is Oc1c(F)cc(CNc2ccc(F)cc2F)cc1F. The highest BCUT2D eigenvalue weighted by Gasteiger charge is 2.10. The van der Waals surface area contributed by atoms with Gasteiger partial charge in [0.05, 0.1) is 5.69 Å². The van der Waals surface area contributed by atoms with Crippen molar-refractivity contribution in [1.82, 2.24) is 0 Å². The van der Waals surface area contributed by atoms with Crippen molar-refractivity contribution < 1.29 is 22.7 Å². The van der Waals surface area contributed by atoms with Crippen molar-refractivity contribution in [2.75, 3.05) is 5.32 Å². The van der Waals surface area contributed by atoms with E-state index in [1.807, 2.05) is 0 Å². The number of phenolic OH excluding ortho intramolecular Hbond substituents is 1. The Labute approximate surface area is 106 Å². The fraction of sp³-hybridized carbons (Fsp3) is 0.0769. The van der Waals surface area contributed by atoms with Gasteiger partial charge in [0, 0.05) is 12.6 Å². The van der Waals surface area contributed by atoms with Gasteiger partial charge in [-0.05, 0) is 29.8 Å². The first-order valence-corrected chi connectivity index (χ1v) is 5.33. The summed E-state index contributed by atoms with van der Waals surface area (Å²) in [6.07, 6.45) is 0. The molecule has 0 amide bonds. The normalized spacial score (nSPS) is 10.5. The second-order valence-electron chi connectivity index (χ2n) is 3.89. The molecule has 0 fully saturated rings. The zero-order valence-electron chi connectivity index (χ0n) is 9.55. The molecule has 6 heteroatoms. The fourth-order valence-electron chi connectivity index (χ4n) is 1.55. The van der Waals surface area contributed by atoms with Crippen molar-refractivity contribution in [3.63, 3.8) is 0 Å². The molecule has 0 bridgehead atoms. The molecule has 2 aromatic rings. The maximum Gasteiger partial charge on any atom is 0.187 e. The predicted molar refractivity (Wildman–Crippen MR) is 61.7 cm³/mol. The van der Waals surface area contributed by atoms with E-state index in [2.05, 4.69) is 5.32 Å². The minimum atomic E-state index is -1.10. The minimum absolute atomic E-state index is 0.00953. The summed E-state index contributed by atoms with van der Waals surface area (Å²) in [6.45, 7) is -0.0727. The van der Waals surface area contributed by atoms with Gasteiger partial charge in [0.15, 0.2) is 17.4 Å². The molecule has 0 saturated carbocycles. The molecule has 0 aromatic heterocycles. The van der Waals surface area contributed by atoms with E-state index in [4.69, 9.17) is 5.11 Å². The standard InChI is InChI=1S/C13H9F4NO/c14-8-1-2-12(9(15)5-8)18-6-7-3-10(16)13(19)11(17)4-7/h1-5,18-19H,6H2. The van der Waals surface area contributed by atoms with E-state index >= 15 is 0 Å². The number of hydrogen-bond donors (Lipinski definition) is 2. The van der Waals surface area contributed by atoms with Gasteiger partial charge in [-0.15, -0.1) is 0 Å². The van der Waals surface area contributed by atoms with Gasteiger partial charge in [-0.25, -0.2) is 17.6 Å². The number of aromatic hydroxyl groups is 1. The van der Waals surface area contributed by atoms with Crippen LogP contribution in [0.2, 0.25) is 0 Å². The molecule has 19 heavy (non-hydrogen) atoms. The Morgan fingerprint density at radius 2 is 1.53 bits per heavy atom. The first-order valence-electron chi connectivity index (χ1n) is 5.33. The molecule has 0 saturated heterocycles. The summed E-state index contributed by atoms with van der Waals surface area (Å²) in [5.41, 5.74) is 0.187. The van der Waals surface area contributed by atoms with Gasteiger partial charge in [-0.1, -0.05) is 0 Å². The van der Waals surface area contributed by atoms with Crippen LogP contribution in [0.25, 0.3) is 0 Å². The largest absolute Gasteiger partial charge is 0.503 e. The van der Waals surface area contributed by atoms with Crippen LogP contribution >= 0.6 is 0 Å². The lowest BCUT2D eigenvalue weighted by atomic mass is 10.2. The van der Waals surface area contributed by atoms with E-state index < -0.39 is 29.0 Å². The molecule has 0 spiro atoms. The van der Waals surface area contributed by atoms with E-state index in [0.29, 0.717) is 6.07 Å². The zero-order chi connectivity index (χ0) is 14.0. The Hall–Kier alpha value is -2.24. The van der Waals surface area contributed by atoms with Crippen molar-refractivity contribution in [1.29, 1.82) is 0 Å². The summed E-state index contributed by atoms with van der Waals surface area (Å²) in [5.74, 6) is -4.78. The van der Waals surface area contributed by atoms with Crippen LogP contribution in [0.15, 0.2) is 30.3 Å². The van der Waals surface area contributed by atoms with E-state index in [1.54, 1.807) is 0 Å². The molecule has 0 atom stereocenters. The zero-order valence-corrected chi connectivity index (χ0v) is 9.55. The van der Waals surface area contributed by atoms with Crippen molar-refractivity contribution >= 4 is 5.69 Å². The average molecular weight is 271 g/mol. The summed E-state index contributed by atoms with van der Waals surface area (Å²) in [6, 6.07) is 4.78. The van der Waals surface area contributed by atoms with E-state index in [9.17, 15) is 17.6 Å². The number of hydrogen-bond acceptors (Lipinski definition) is 2. The van der Waals surface area contributed by atoms with Gasteiger partial charge >= 0.3 is 0 Å². The summed E-state index contributed by atoms with van der Waals surface area (Å²) in [7, 11) is 0. The molecule has 100 valence electrons. The molecule has 0 aliphatic carbocycles. The molecule has 2 aromatic carbocycles. The Balaban J connectivity index is 2.14. The van der Waals surface area contributed by atoms with Crippen molar-refractivity contribution in [3.05, 3.63) is 59.2 Å². The maximum absolute atomic E-state index is 13.3. The predicted octanol–water partition coefficient (Wildman–Crippen LogP) is 3.56. The summed E-state index contributed by atoms with van der Waals surface area (Å²) in [5, 5.41) is 11.5. The minimum Gasteiger partial charge on any atom is -0.503 e. The van der Waals surface area contributed by atoms with Gasteiger partial charge in [0.2, 0.25) is 0 Å². The third kappa shape index (κ3) is 2.96. The van der Waals surface area contributed by atoms with Crippen LogP contribution in [0.5, 0.6) is 5.75 Å². The Kier molecular flexibility index (Phi) is 3.59. The van der Waals surface area contributed by atoms with E-state index in [1.165, 1.54) is 6.07 Å². The smallest absolute Gasteiger partial charge is 0.187 e. The number of halogens is 4. The van der Waals surface area contributed by atoms with E-state index in [0.717, 1.165) is 18.2 Å². The topological polar surface area (TPSA) is 32.3 Å². The van der Waals surface area contributed by atoms with Crippen molar-refractivity contribution in [3.8, 4) is 5.75 Å². The highest BCUT2D eigenvalue weighted by molar-refractivity contribution is 5.45. The quantitative estimate of drug-likeness (QED) is 0.836. The first-order chi connectivity index (χ1) is 8.97. The molecule has 2 nitrogen and oxygen atoms in total. The van der Waals surface area contributed by atoms with Gasteiger partial charge in [-0.3, -0.25) is 0 Å². The molecule has 0 aliphatic heterocycles. The number of benzene rings is 2. The van der Waals surface area contributed by atoms with Crippen LogP contribution in [0.3, 0.4) is 0 Å². The third-order valence-electron chi connectivity index (χ3n) is 2.49. The van der Waals surface area contributed by atoms with E-state index in [-0.39, 0.29) is 17.8 Å². The summed E-state index contributed by atoms with van der Waals surface area (Å²) in [4.78, 5) is 0. The summed E-state index contributed by atoms with van der Waals surface area (Å²) >= 11 is 0. The second kappa shape index (κ2) is 5.17. The van der Waals surface area contributed by atoms with Gasteiger partial charge in [0.1, 0.15) is 11.6 Å². The lowest BCUT2D eigenvalue weighted by molar-refractivity contribution is 0.395. The van der Waals surface area contributed by atoms with Crippen LogP contribution in [0.1, 0.15) is 5.56 Å². The third-order valence-corrected chi connectivity index (χ3v) is 2.49. The molecule has 2 N–H and O–H groups in total. The van der Waals surface area contributed by atoms with Gasteiger partial charge < -0.3 is 10.4 Å². The average Bonchev–Trinajstić information content (AvgIpc) is 2.34. The number of rotatable bonds is 3. The molecule has 0 aliphatic rings. The molecule has 0 heterocycles. The Morgan fingerprint density at radius 3 is 2.11 bits per heavy atom. The molecule has 0 radical (unpaired) electrons. The molecular weight excluding hydrogens is 262 g/mol. The number of nitrogens with one attached hydrogen (secondary N) is 1. The Bertz CT molecular complexity index is 593. The second-order valence-corrected chi connectivity index (χ2v) is 3.89. The van der Waals surface area contributed by atoms with Gasteiger partial charge in [-0.2, -0.15) is 0 Å². The highest BCUT2D eigenvalue weighted by atomic mass is 19.1. The van der Waals surface area contributed by atoms with Gasteiger partial charge in [0.25, 0.3) is 0 Å². The van der Waals surface area contributed by atoms with Crippen molar-refractivity contribution in [2.45, 2.75) is 6.54 Å². The number of phenols is 1. The van der Waals surface area contributed by atoms with Crippen molar-refractivity contribution in [2.24, 2.45) is 0 Å². The molecule has 0 unspecified atom stereocenters. The van der Waals surface area contributed by atoms with Crippen LogP contribution in [-0.2, 0) is 6.54 Å². The molecule has 2 rings (SSSR count). The molecular formula is C13H9F4NO. The monoisotopic (exact) mass is 271 g/mol.